The number of nitrogens with zero attached hydrogens (tertiary/aromatic N) is 4. The highest BCUT2D eigenvalue weighted by Crippen LogP contribution is 2.52. The fourth-order valence-electron chi connectivity index (χ4n) is 4.93. The third-order valence-corrected chi connectivity index (χ3v) is 6.66. The first-order valence-electron chi connectivity index (χ1n) is 10.7. The summed E-state index contributed by atoms with van der Waals surface area (Å²) in [6.45, 7) is 4.72. The van der Waals surface area contributed by atoms with Gasteiger partial charge in [-0.15, -0.1) is 10.2 Å². The van der Waals surface area contributed by atoms with Gasteiger partial charge in [0.25, 0.3) is 5.92 Å². The predicted octanol–water partition coefficient (Wildman–Crippen LogP) is 3.98. The predicted molar refractivity (Wildman–Crippen MR) is 114 cm³/mol. The summed E-state index contributed by atoms with van der Waals surface area (Å²) in [6, 6.07) is 9.97. The maximum atomic E-state index is 15.1. The number of phenolic OH excluding ortho intramolecular Hbond substituents is 1. The Bertz CT molecular complexity index is 1200. The molecule has 2 aliphatic heterocycles. The van der Waals surface area contributed by atoms with Crippen molar-refractivity contribution in [1.82, 2.24) is 25.3 Å². The number of rotatable bonds is 4. The van der Waals surface area contributed by atoms with Crippen LogP contribution in [0.4, 0.5) is 13.2 Å². The number of nitrogens with one attached hydrogen (secondary N) is 1. The van der Waals surface area contributed by atoms with Crippen molar-refractivity contribution < 1.29 is 23.0 Å². The summed E-state index contributed by atoms with van der Waals surface area (Å²) in [7, 11) is 0. The van der Waals surface area contributed by atoms with Crippen molar-refractivity contribution in [3.8, 4) is 28.6 Å². The summed E-state index contributed by atoms with van der Waals surface area (Å²) in [5.41, 5.74) is -0.562. The van der Waals surface area contributed by atoms with E-state index in [0.29, 0.717) is 16.9 Å². The van der Waals surface area contributed by atoms with Gasteiger partial charge in [-0.2, -0.15) is 5.10 Å². The van der Waals surface area contributed by atoms with Crippen LogP contribution in [0.15, 0.2) is 42.6 Å². The quantitative estimate of drug-likeness (QED) is 0.614. The molecule has 2 saturated heterocycles. The number of aromatic hydroxyl groups is 1. The first-order valence-corrected chi connectivity index (χ1v) is 10.7. The van der Waals surface area contributed by atoms with E-state index in [1.807, 2.05) is 13.0 Å². The van der Waals surface area contributed by atoms with E-state index in [4.69, 9.17) is 4.74 Å². The molecule has 0 saturated carbocycles. The topological polar surface area (TPSA) is 85.1 Å². The molecular weight excluding hydrogens is 435 g/mol. The van der Waals surface area contributed by atoms with Crippen molar-refractivity contribution in [2.24, 2.45) is 0 Å². The van der Waals surface area contributed by atoms with Gasteiger partial charge in [-0.25, -0.2) is 17.9 Å². The Morgan fingerprint density at radius 2 is 1.94 bits per heavy atom. The summed E-state index contributed by atoms with van der Waals surface area (Å²) in [4.78, 5) is 0. The van der Waals surface area contributed by atoms with Gasteiger partial charge in [-0.3, -0.25) is 5.32 Å². The number of piperidine rings is 1. The SMILES string of the molecule is Cc1ccn(-c2ccc(-c3ccc(OC4CC5(C)NC(C)(CC5(F)F)C4F)nn3)c(O)c2)n1. The molecule has 0 amide bonds. The van der Waals surface area contributed by atoms with Crippen molar-refractivity contribution in [2.75, 3.05) is 0 Å². The molecule has 4 atom stereocenters. The fourth-order valence-corrected chi connectivity index (χ4v) is 4.93. The van der Waals surface area contributed by atoms with Crippen LogP contribution in [0.1, 0.15) is 32.4 Å². The Balaban J connectivity index is 1.34. The molecule has 2 aliphatic rings. The van der Waals surface area contributed by atoms with E-state index in [-0.39, 0.29) is 18.1 Å². The van der Waals surface area contributed by atoms with E-state index in [9.17, 15) is 13.9 Å². The number of ether oxygens (including phenoxy) is 1. The van der Waals surface area contributed by atoms with Gasteiger partial charge in [0.2, 0.25) is 5.88 Å². The smallest absolute Gasteiger partial charge is 0.267 e. The van der Waals surface area contributed by atoms with Crippen LogP contribution in [0.5, 0.6) is 11.6 Å². The average Bonchev–Trinajstić information content (AvgIpc) is 3.24. The monoisotopic (exact) mass is 459 g/mol. The van der Waals surface area contributed by atoms with E-state index in [1.165, 1.54) is 19.9 Å². The molecule has 0 radical (unpaired) electrons. The number of benzene rings is 1. The van der Waals surface area contributed by atoms with Crippen LogP contribution < -0.4 is 10.1 Å². The number of aryl methyl sites for hydroxylation is 1. The number of aromatic nitrogens is 4. The summed E-state index contributed by atoms with van der Waals surface area (Å²) in [5.74, 6) is -3.02. The highest BCUT2D eigenvalue weighted by atomic mass is 19.3. The van der Waals surface area contributed by atoms with E-state index in [1.54, 1.807) is 35.1 Å². The molecule has 4 heterocycles. The zero-order chi connectivity index (χ0) is 23.6. The lowest BCUT2D eigenvalue weighted by atomic mass is 9.84. The van der Waals surface area contributed by atoms with Crippen LogP contribution in [-0.4, -0.2) is 54.4 Å². The van der Waals surface area contributed by atoms with Crippen LogP contribution in [-0.2, 0) is 0 Å². The fraction of sp³-hybridized carbons (Fsp3) is 0.435. The van der Waals surface area contributed by atoms with Gasteiger partial charge in [-0.05, 0) is 45.0 Å². The maximum absolute atomic E-state index is 15.1. The minimum atomic E-state index is -3.04. The Morgan fingerprint density at radius 3 is 2.58 bits per heavy atom. The van der Waals surface area contributed by atoms with Crippen molar-refractivity contribution in [3.63, 3.8) is 0 Å². The van der Waals surface area contributed by atoms with Gasteiger partial charge in [0.1, 0.15) is 11.9 Å². The zero-order valence-electron chi connectivity index (χ0n) is 18.4. The van der Waals surface area contributed by atoms with Crippen molar-refractivity contribution in [1.29, 1.82) is 0 Å². The molecule has 4 unspecified atom stereocenters. The van der Waals surface area contributed by atoms with E-state index in [2.05, 4.69) is 20.6 Å². The Morgan fingerprint density at radius 1 is 1.15 bits per heavy atom. The van der Waals surface area contributed by atoms with E-state index < -0.39 is 35.7 Å². The first-order chi connectivity index (χ1) is 15.5. The van der Waals surface area contributed by atoms with Crippen LogP contribution >= 0.6 is 0 Å². The van der Waals surface area contributed by atoms with Gasteiger partial charge in [-0.1, -0.05) is 0 Å². The molecule has 3 aromatic rings. The van der Waals surface area contributed by atoms with Gasteiger partial charge in [0.15, 0.2) is 6.17 Å². The lowest BCUT2D eigenvalue weighted by Gasteiger charge is -2.43. The zero-order valence-corrected chi connectivity index (χ0v) is 18.4. The highest BCUT2D eigenvalue weighted by Gasteiger charge is 2.69. The van der Waals surface area contributed by atoms with Crippen LogP contribution in [0.2, 0.25) is 0 Å². The summed E-state index contributed by atoms with van der Waals surface area (Å²) >= 11 is 0. The molecule has 5 rings (SSSR count). The molecule has 7 nitrogen and oxygen atoms in total. The number of hydrogen-bond donors (Lipinski definition) is 2. The third-order valence-electron chi connectivity index (χ3n) is 6.66. The summed E-state index contributed by atoms with van der Waals surface area (Å²) in [6.07, 6.45) is -1.72. The van der Waals surface area contributed by atoms with Crippen LogP contribution in [0, 0.1) is 6.92 Å². The normalized spacial score (nSPS) is 30.4. The second-order valence-electron chi connectivity index (χ2n) is 9.38. The average molecular weight is 459 g/mol. The van der Waals surface area contributed by atoms with E-state index in [0.717, 1.165) is 5.69 Å². The van der Waals surface area contributed by atoms with Crippen LogP contribution in [0.3, 0.4) is 0 Å². The number of phenols is 1. The van der Waals surface area contributed by atoms with Gasteiger partial charge < -0.3 is 9.84 Å². The maximum Gasteiger partial charge on any atom is 0.267 e. The Hall–Kier alpha value is -3.14. The molecular formula is C23H24F3N5O2. The highest BCUT2D eigenvalue weighted by molar-refractivity contribution is 5.68. The van der Waals surface area contributed by atoms with Crippen molar-refractivity contribution in [3.05, 3.63) is 48.3 Å². The summed E-state index contributed by atoms with van der Waals surface area (Å²) in [5, 5.41) is 25.6. The number of fused-ring (bicyclic) bond motifs is 2. The number of halogens is 3. The van der Waals surface area contributed by atoms with Gasteiger partial charge >= 0.3 is 0 Å². The molecule has 1 aromatic carbocycles. The Kier molecular flexibility index (Phi) is 4.72. The van der Waals surface area contributed by atoms with Crippen LogP contribution in [0.25, 0.3) is 16.9 Å². The Labute approximate surface area is 188 Å². The lowest BCUT2D eigenvalue weighted by Crippen LogP contribution is -2.65. The molecule has 0 aliphatic carbocycles. The third kappa shape index (κ3) is 3.52. The molecule has 0 spiro atoms. The van der Waals surface area contributed by atoms with E-state index >= 15 is 4.39 Å². The molecule has 2 bridgehead atoms. The molecule has 10 heteroatoms. The van der Waals surface area contributed by atoms with Crippen molar-refractivity contribution in [2.45, 2.75) is 62.9 Å². The largest absolute Gasteiger partial charge is 0.507 e. The second kappa shape index (κ2) is 7.18. The standard InChI is InChI=1S/C23H24F3N5O2/c1-13-8-9-31(29-13)14-4-5-15(17(32)10-14)16-6-7-19(28-27-16)33-18-11-22(3)23(25,26)12-21(2,30-22)20(18)24/h4-10,18,20,30,32H,11-12H2,1-3H3. The molecule has 33 heavy (non-hydrogen) atoms. The second-order valence-corrected chi connectivity index (χ2v) is 9.38. The molecule has 2 N–H and O–H groups in total. The van der Waals surface area contributed by atoms with Gasteiger partial charge in [0, 0.05) is 36.7 Å². The minimum Gasteiger partial charge on any atom is -0.507 e. The minimum absolute atomic E-state index is 0.00884. The molecule has 2 fully saturated rings. The summed E-state index contributed by atoms with van der Waals surface area (Å²) < 4.78 is 51.4. The van der Waals surface area contributed by atoms with Crippen molar-refractivity contribution >= 4 is 0 Å². The number of alkyl halides is 3. The lowest BCUT2D eigenvalue weighted by molar-refractivity contribution is -0.0733. The molecule has 174 valence electrons. The first kappa shape index (κ1) is 21.7. The number of hydrogen-bond acceptors (Lipinski definition) is 6. The molecule has 2 aromatic heterocycles. The van der Waals surface area contributed by atoms with Gasteiger partial charge in [0.05, 0.1) is 28.2 Å².